The average molecular weight is 441 g/mol. The molecule has 0 aliphatic carbocycles. The van der Waals surface area contributed by atoms with Gasteiger partial charge in [0.2, 0.25) is 3.79 Å². The lowest BCUT2D eigenvalue weighted by Gasteiger charge is -2.13. The maximum Gasteiger partial charge on any atom is 0.304 e. The number of carbonyl (C=O) groups is 1. The van der Waals surface area contributed by atoms with Crippen molar-refractivity contribution in [2.24, 2.45) is 4.99 Å². The number of aliphatic imine (C=N–C) groups is 1. The molecule has 25 heavy (non-hydrogen) atoms. The summed E-state index contributed by atoms with van der Waals surface area (Å²) in [6.45, 7) is 7.53. The smallest absolute Gasteiger partial charge is 0.304 e. The SMILES string of the molecule is C=C(/N=C(\C=C(C)C)c1ccc(SCCC(=O)O)c(Cl)c1)C(Cl)(Cl)Cl. The summed E-state index contributed by atoms with van der Waals surface area (Å²) in [4.78, 5) is 15.7. The molecule has 0 fully saturated rings. The molecule has 0 atom stereocenters. The van der Waals surface area contributed by atoms with E-state index in [1.807, 2.05) is 32.1 Å². The third-order valence-electron chi connectivity index (χ3n) is 2.81. The lowest BCUT2D eigenvalue weighted by atomic mass is 10.1. The van der Waals surface area contributed by atoms with Gasteiger partial charge in [-0.3, -0.25) is 4.79 Å². The summed E-state index contributed by atoms with van der Waals surface area (Å²) >= 11 is 25.1. The van der Waals surface area contributed by atoms with Crippen LogP contribution >= 0.6 is 58.2 Å². The van der Waals surface area contributed by atoms with Gasteiger partial charge >= 0.3 is 5.97 Å². The molecule has 0 amide bonds. The molecular formula is C17H17Cl4NO2S. The van der Waals surface area contributed by atoms with Gasteiger partial charge in [-0.1, -0.05) is 64.6 Å². The van der Waals surface area contributed by atoms with E-state index in [1.54, 1.807) is 6.07 Å². The predicted molar refractivity (Wildman–Crippen MR) is 110 cm³/mol. The standard InChI is InChI=1S/C17H17Cl4NO2S/c1-10(2)8-14(22-11(3)17(19,20)21)12-4-5-15(13(18)9-12)25-7-6-16(23)24/h4-5,8-9H,3,6-7H2,1-2H3,(H,23,24)/b22-14+. The van der Waals surface area contributed by atoms with Gasteiger partial charge in [0.25, 0.3) is 0 Å². The van der Waals surface area contributed by atoms with E-state index in [9.17, 15) is 4.79 Å². The quantitative estimate of drug-likeness (QED) is 0.297. The Morgan fingerprint density at radius 1 is 1.36 bits per heavy atom. The van der Waals surface area contributed by atoms with Gasteiger partial charge in [-0.05, 0) is 32.1 Å². The molecule has 1 aromatic carbocycles. The summed E-state index contributed by atoms with van der Waals surface area (Å²) in [6, 6.07) is 5.39. The third kappa shape index (κ3) is 8.06. The summed E-state index contributed by atoms with van der Waals surface area (Å²) in [5, 5.41) is 9.20. The molecule has 0 saturated carbocycles. The molecule has 0 aliphatic heterocycles. The third-order valence-corrected chi connectivity index (χ3v) is 4.96. The van der Waals surface area contributed by atoms with Gasteiger partial charge in [0.1, 0.15) is 0 Å². The van der Waals surface area contributed by atoms with Crippen LogP contribution in [0.2, 0.25) is 5.02 Å². The first-order valence-electron chi connectivity index (χ1n) is 7.15. The van der Waals surface area contributed by atoms with E-state index in [-0.39, 0.29) is 12.1 Å². The van der Waals surface area contributed by atoms with Crippen molar-refractivity contribution in [1.82, 2.24) is 0 Å². The Labute approximate surface area is 171 Å². The molecule has 0 heterocycles. The van der Waals surface area contributed by atoms with Gasteiger partial charge in [-0.2, -0.15) is 0 Å². The number of allylic oxidation sites excluding steroid dienone is 3. The van der Waals surface area contributed by atoms with E-state index in [2.05, 4.69) is 11.6 Å². The summed E-state index contributed by atoms with van der Waals surface area (Å²) in [5.41, 5.74) is 2.41. The highest BCUT2D eigenvalue weighted by atomic mass is 35.6. The molecule has 8 heteroatoms. The van der Waals surface area contributed by atoms with Gasteiger partial charge in [0, 0.05) is 16.2 Å². The molecular weight excluding hydrogens is 424 g/mol. The van der Waals surface area contributed by atoms with Crippen LogP contribution in [0.4, 0.5) is 0 Å². The second-order valence-corrected chi connectivity index (χ2v) is 9.13. The Bertz CT molecular complexity index is 720. The van der Waals surface area contributed by atoms with Crippen LogP contribution < -0.4 is 0 Å². The number of hydrogen-bond acceptors (Lipinski definition) is 3. The number of halogens is 4. The van der Waals surface area contributed by atoms with Crippen molar-refractivity contribution in [1.29, 1.82) is 0 Å². The van der Waals surface area contributed by atoms with E-state index in [4.69, 9.17) is 51.5 Å². The highest BCUT2D eigenvalue weighted by Gasteiger charge is 2.24. The zero-order valence-corrected chi connectivity index (χ0v) is 17.5. The number of benzene rings is 1. The van der Waals surface area contributed by atoms with Crippen molar-refractivity contribution in [3.63, 3.8) is 0 Å². The number of hydrogen-bond donors (Lipinski definition) is 1. The van der Waals surface area contributed by atoms with Crippen LogP contribution in [0, 0.1) is 0 Å². The highest BCUT2D eigenvalue weighted by molar-refractivity contribution is 7.99. The first kappa shape index (κ1) is 22.4. The molecule has 1 rings (SSSR count). The van der Waals surface area contributed by atoms with Gasteiger partial charge in [-0.15, -0.1) is 11.8 Å². The summed E-state index contributed by atoms with van der Waals surface area (Å²) in [7, 11) is 0. The number of nitrogens with zero attached hydrogens (tertiary/aromatic N) is 1. The molecule has 0 aromatic heterocycles. The van der Waals surface area contributed by atoms with Crippen LogP contribution in [-0.2, 0) is 4.79 Å². The number of aliphatic carboxylic acids is 1. The van der Waals surface area contributed by atoms with Crippen LogP contribution in [0.25, 0.3) is 0 Å². The first-order chi connectivity index (χ1) is 11.5. The van der Waals surface area contributed by atoms with Crippen molar-refractivity contribution in [3.8, 4) is 0 Å². The van der Waals surface area contributed by atoms with Crippen molar-refractivity contribution < 1.29 is 9.90 Å². The fourth-order valence-corrected chi connectivity index (χ4v) is 3.02. The monoisotopic (exact) mass is 439 g/mol. The molecule has 0 saturated heterocycles. The van der Waals surface area contributed by atoms with Crippen LogP contribution in [0.5, 0.6) is 0 Å². The lowest BCUT2D eigenvalue weighted by molar-refractivity contribution is -0.136. The second kappa shape index (κ2) is 9.89. The first-order valence-corrected chi connectivity index (χ1v) is 9.64. The molecule has 0 unspecified atom stereocenters. The maximum atomic E-state index is 10.6. The molecule has 0 aliphatic rings. The predicted octanol–water partition coefficient (Wildman–Crippen LogP) is 6.55. The molecule has 0 spiro atoms. The van der Waals surface area contributed by atoms with Gasteiger partial charge < -0.3 is 5.11 Å². The topological polar surface area (TPSA) is 49.7 Å². The molecule has 0 bridgehead atoms. The summed E-state index contributed by atoms with van der Waals surface area (Å²) in [5.74, 6) is -0.406. The Morgan fingerprint density at radius 2 is 2.00 bits per heavy atom. The van der Waals surface area contributed by atoms with E-state index in [0.29, 0.717) is 16.5 Å². The average Bonchev–Trinajstić information content (AvgIpc) is 2.46. The lowest BCUT2D eigenvalue weighted by Crippen LogP contribution is -2.07. The van der Waals surface area contributed by atoms with E-state index < -0.39 is 9.76 Å². The fraction of sp³-hybridized carbons (Fsp3) is 0.294. The van der Waals surface area contributed by atoms with Gasteiger partial charge in [0.15, 0.2) is 0 Å². The van der Waals surface area contributed by atoms with Crippen LogP contribution in [-0.4, -0.2) is 26.3 Å². The number of carboxylic acids is 1. The van der Waals surface area contributed by atoms with Crippen LogP contribution in [0.15, 0.2) is 52.0 Å². The summed E-state index contributed by atoms with van der Waals surface area (Å²) in [6.07, 6.45) is 1.90. The minimum atomic E-state index is -1.70. The Kier molecular flexibility index (Phi) is 8.85. The Balaban J connectivity index is 3.14. The maximum absolute atomic E-state index is 10.6. The molecule has 136 valence electrons. The zero-order chi connectivity index (χ0) is 19.2. The number of alkyl halides is 3. The van der Waals surface area contributed by atoms with Crippen molar-refractivity contribution >= 4 is 69.8 Å². The molecule has 3 nitrogen and oxygen atoms in total. The molecule has 1 aromatic rings. The molecule has 0 radical (unpaired) electrons. The second-order valence-electron chi connectivity index (χ2n) is 5.30. The largest absolute Gasteiger partial charge is 0.481 e. The normalized spacial score (nSPS) is 12.0. The summed E-state index contributed by atoms with van der Waals surface area (Å²) < 4.78 is -1.70. The number of rotatable bonds is 7. The minimum Gasteiger partial charge on any atom is -0.481 e. The van der Waals surface area contributed by atoms with Crippen LogP contribution in [0.1, 0.15) is 25.8 Å². The fourth-order valence-electron chi connectivity index (χ4n) is 1.69. The van der Waals surface area contributed by atoms with Crippen molar-refractivity contribution in [3.05, 3.63) is 52.7 Å². The zero-order valence-electron chi connectivity index (χ0n) is 13.7. The number of carboxylic acid groups (broad SMARTS) is 1. The van der Waals surface area contributed by atoms with Gasteiger partial charge in [-0.25, -0.2) is 4.99 Å². The molecule has 1 N–H and O–H groups in total. The van der Waals surface area contributed by atoms with Crippen LogP contribution in [0.3, 0.4) is 0 Å². The van der Waals surface area contributed by atoms with E-state index >= 15 is 0 Å². The van der Waals surface area contributed by atoms with E-state index in [1.165, 1.54) is 11.8 Å². The van der Waals surface area contributed by atoms with E-state index in [0.717, 1.165) is 16.0 Å². The number of thioether (sulfide) groups is 1. The Hall–Kier alpha value is -0.650. The minimum absolute atomic E-state index is 0.0658. The van der Waals surface area contributed by atoms with Crippen molar-refractivity contribution in [2.75, 3.05) is 5.75 Å². The van der Waals surface area contributed by atoms with Crippen molar-refractivity contribution in [2.45, 2.75) is 29.0 Å². The highest BCUT2D eigenvalue weighted by Crippen LogP contribution is 2.35. The van der Waals surface area contributed by atoms with Gasteiger partial charge in [0.05, 0.1) is 22.9 Å². The Morgan fingerprint density at radius 3 is 2.48 bits per heavy atom.